The molecule has 0 aliphatic heterocycles. The van der Waals surface area contributed by atoms with Crippen LogP contribution >= 0.6 is 0 Å². The van der Waals surface area contributed by atoms with E-state index in [0.717, 1.165) is 63.2 Å². The fourth-order valence-electron chi connectivity index (χ4n) is 6.64. The van der Waals surface area contributed by atoms with E-state index in [1.54, 1.807) is 0 Å². The standard InChI is InChI=1S/C32H31N5O3/c1-4-36(5-2)19-16-20-26-18(3)27(32(39)40-25(26)17-19)29(30-33-21-10-6-7-11-22(21)34-30)28(20)31-35-23-12-8-9-13-24(23)37(31)14-15-38/h6-13,16-17,28-29,38H,4-5,14-15H2,1-3H3,(H,33,34). The first-order valence-electron chi connectivity index (χ1n) is 13.9. The minimum atomic E-state index is -0.457. The van der Waals surface area contributed by atoms with Crippen LogP contribution in [0.1, 0.15) is 54.0 Å². The molecule has 3 heterocycles. The molecule has 0 saturated carbocycles. The van der Waals surface area contributed by atoms with E-state index < -0.39 is 5.92 Å². The lowest BCUT2D eigenvalue weighted by molar-refractivity contribution is 0.275. The van der Waals surface area contributed by atoms with Crippen LogP contribution in [0.3, 0.4) is 0 Å². The molecule has 0 amide bonds. The first-order valence-corrected chi connectivity index (χ1v) is 13.9. The average molecular weight is 534 g/mol. The fraction of sp³-hybridized carbons (Fsp3) is 0.281. The van der Waals surface area contributed by atoms with Gasteiger partial charge in [-0.05, 0) is 62.2 Å². The van der Waals surface area contributed by atoms with Gasteiger partial charge in [-0.25, -0.2) is 14.8 Å². The molecule has 6 aromatic rings. The summed E-state index contributed by atoms with van der Waals surface area (Å²) in [5.41, 5.74) is 7.34. The minimum Gasteiger partial charge on any atom is -0.422 e. The van der Waals surface area contributed by atoms with Crippen LogP contribution < -0.4 is 10.5 Å². The van der Waals surface area contributed by atoms with Gasteiger partial charge in [0.05, 0.1) is 46.1 Å². The van der Waals surface area contributed by atoms with E-state index in [1.165, 1.54) is 0 Å². The number of para-hydroxylation sites is 4. The molecule has 202 valence electrons. The average Bonchev–Trinajstić information content (AvgIpc) is 3.55. The number of H-pyrrole nitrogens is 1. The Labute approximate surface area is 230 Å². The molecule has 40 heavy (non-hydrogen) atoms. The molecule has 2 N–H and O–H groups in total. The number of aliphatic hydroxyl groups is 1. The lowest BCUT2D eigenvalue weighted by Crippen LogP contribution is -2.30. The number of nitrogens with zero attached hydrogens (tertiary/aromatic N) is 4. The first-order chi connectivity index (χ1) is 19.5. The van der Waals surface area contributed by atoms with Gasteiger partial charge >= 0.3 is 5.63 Å². The maximum absolute atomic E-state index is 13.8. The number of aromatic amines is 1. The smallest absolute Gasteiger partial charge is 0.340 e. The van der Waals surface area contributed by atoms with Gasteiger partial charge in [-0.15, -0.1) is 0 Å². The zero-order valence-electron chi connectivity index (χ0n) is 22.8. The molecule has 8 nitrogen and oxygen atoms in total. The van der Waals surface area contributed by atoms with Crippen molar-refractivity contribution >= 4 is 38.7 Å². The Morgan fingerprint density at radius 3 is 2.50 bits per heavy atom. The summed E-state index contributed by atoms with van der Waals surface area (Å²) in [5.74, 6) is 0.698. The number of aliphatic hydroxyl groups excluding tert-OH is 1. The highest BCUT2D eigenvalue weighted by atomic mass is 16.4. The second-order valence-corrected chi connectivity index (χ2v) is 10.4. The van der Waals surface area contributed by atoms with Crippen LogP contribution in [0.4, 0.5) is 5.69 Å². The van der Waals surface area contributed by atoms with Crippen LogP contribution in [0.15, 0.2) is 69.9 Å². The second kappa shape index (κ2) is 9.34. The predicted octanol–water partition coefficient (Wildman–Crippen LogP) is 5.44. The normalized spacial score (nSPS) is 16.5. The summed E-state index contributed by atoms with van der Waals surface area (Å²) in [5, 5.41) is 11.1. The molecule has 0 fully saturated rings. The SMILES string of the molecule is CCN(CC)c1cc2c3c(C)c(c(=O)oc3c1)C(c1nc3ccccc3[nH]1)C2c1nc2ccccc2n1CCO. The molecule has 2 unspecified atom stereocenters. The van der Waals surface area contributed by atoms with Gasteiger partial charge in [0.25, 0.3) is 0 Å². The highest BCUT2D eigenvalue weighted by Gasteiger charge is 2.42. The van der Waals surface area contributed by atoms with Crippen molar-refractivity contribution in [1.82, 2.24) is 19.5 Å². The fourth-order valence-corrected chi connectivity index (χ4v) is 6.64. The number of aryl methyl sites for hydroxylation is 1. The summed E-state index contributed by atoms with van der Waals surface area (Å²) < 4.78 is 8.13. The third kappa shape index (κ3) is 3.52. The van der Waals surface area contributed by atoms with Crippen LogP contribution in [0.5, 0.6) is 0 Å². The van der Waals surface area contributed by atoms with E-state index in [1.807, 2.05) is 61.5 Å². The molecule has 0 saturated heterocycles. The topological polar surface area (TPSA) is 100 Å². The molecule has 7 rings (SSSR count). The van der Waals surface area contributed by atoms with E-state index in [9.17, 15) is 9.90 Å². The number of anilines is 1. The number of benzene rings is 3. The molecule has 2 bridgehead atoms. The van der Waals surface area contributed by atoms with E-state index in [0.29, 0.717) is 23.5 Å². The number of hydrogen-bond donors (Lipinski definition) is 2. The van der Waals surface area contributed by atoms with Crippen LogP contribution in [0.25, 0.3) is 33.0 Å². The third-order valence-electron chi connectivity index (χ3n) is 8.42. The van der Waals surface area contributed by atoms with E-state index >= 15 is 0 Å². The van der Waals surface area contributed by atoms with Gasteiger partial charge in [0, 0.05) is 36.8 Å². The zero-order chi connectivity index (χ0) is 27.5. The maximum Gasteiger partial charge on any atom is 0.340 e. The van der Waals surface area contributed by atoms with Crippen LogP contribution in [-0.4, -0.2) is 44.3 Å². The molecule has 0 radical (unpaired) electrons. The number of aromatic nitrogens is 4. The Bertz CT molecular complexity index is 1930. The number of rotatable bonds is 7. The summed E-state index contributed by atoms with van der Waals surface area (Å²) >= 11 is 0. The summed E-state index contributed by atoms with van der Waals surface area (Å²) in [7, 11) is 0. The highest BCUT2D eigenvalue weighted by Crippen LogP contribution is 2.50. The molecule has 0 spiro atoms. The summed E-state index contributed by atoms with van der Waals surface area (Å²) in [4.78, 5) is 29.7. The van der Waals surface area contributed by atoms with Gasteiger partial charge in [-0.2, -0.15) is 0 Å². The summed E-state index contributed by atoms with van der Waals surface area (Å²) in [6, 6.07) is 20.1. The van der Waals surface area contributed by atoms with Crippen molar-refractivity contribution in [3.05, 3.63) is 99.4 Å². The van der Waals surface area contributed by atoms with Crippen molar-refractivity contribution in [2.24, 2.45) is 0 Å². The molecule has 2 atom stereocenters. The van der Waals surface area contributed by atoms with E-state index in [2.05, 4.69) is 34.4 Å². The van der Waals surface area contributed by atoms with Crippen LogP contribution in [0.2, 0.25) is 0 Å². The minimum absolute atomic E-state index is 0.0310. The van der Waals surface area contributed by atoms with Crippen molar-refractivity contribution in [3.8, 4) is 0 Å². The van der Waals surface area contributed by atoms with E-state index in [-0.39, 0.29) is 18.2 Å². The molecule has 1 aliphatic rings. The van der Waals surface area contributed by atoms with Gasteiger partial charge in [-0.1, -0.05) is 24.3 Å². The Morgan fingerprint density at radius 2 is 1.75 bits per heavy atom. The van der Waals surface area contributed by atoms with Gasteiger partial charge < -0.3 is 24.0 Å². The van der Waals surface area contributed by atoms with Crippen molar-refractivity contribution < 1.29 is 9.52 Å². The van der Waals surface area contributed by atoms with Crippen molar-refractivity contribution in [2.45, 2.75) is 39.2 Å². The number of nitrogens with one attached hydrogen (secondary N) is 1. The van der Waals surface area contributed by atoms with Gasteiger partial charge in [-0.3, -0.25) is 0 Å². The molecule has 3 aromatic heterocycles. The van der Waals surface area contributed by atoms with Gasteiger partial charge in [0.1, 0.15) is 17.2 Å². The number of hydrogen-bond acceptors (Lipinski definition) is 6. The quantitative estimate of drug-likeness (QED) is 0.265. The van der Waals surface area contributed by atoms with Crippen molar-refractivity contribution in [2.75, 3.05) is 24.6 Å². The monoisotopic (exact) mass is 533 g/mol. The maximum atomic E-state index is 13.8. The molecular weight excluding hydrogens is 502 g/mol. The van der Waals surface area contributed by atoms with Gasteiger partial charge in [0.15, 0.2) is 0 Å². The lowest BCUT2D eigenvalue weighted by Gasteiger charge is -2.34. The first kappa shape index (κ1) is 24.6. The van der Waals surface area contributed by atoms with Crippen LogP contribution in [-0.2, 0) is 6.54 Å². The Hall–Kier alpha value is -4.43. The molecular formula is C32H31N5O3. The largest absolute Gasteiger partial charge is 0.422 e. The Kier molecular flexibility index (Phi) is 5.75. The second-order valence-electron chi connectivity index (χ2n) is 10.4. The van der Waals surface area contributed by atoms with Crippen molar-refractivity contribution in [1.29, 1.82) is 0 Å². The zero-order valence-corrected chi connectivity index (χ0v) is 22.8. The molecule has 3 aromatic carbocycles. The third-order valence-corrected chi connectivity index (χ3v) is 8.42. The predicted molar refractivity (Wildman–Crippen MR) is 157 cm³/mol. The Balaban J connectivity index is 1.61. The van der Waals surface area contributed by atoms with Crippen LogP contribution in [0, 0.1) is 6.92 Å². The van der Waals surface area contributed by atoms with E-state index in [4.69, 9.17) is 14.4 Å². The lowest BCUT2D eigenvalue weighted by atomic mass is 9.72. The highest BCUT2D eigenvalue weighted by molar-refractivity contribution is 5.91. The molecule has 1 aliphatic carbocycles. The summed E-state index contributed by atoms with van der Waals surface area (Å²) in [6.07, 6.45) is 0. The number of imidazole rings is 2. The van der Waals surface area contributed by atoms with Crippen molar-refractivity contribution in [3.63, 3.8) is 0 Å². The summed E-state index contributed by atoms with van der Waals surface area (Å²) in [6.45, 7) is 8.26. The molecule has 8 heteroatoms. The number of fused-ring (bicyclic) bond motifs is 3. The van der Waals surface area contributed by atoms with Gasteiger partial charge in [0.2, 0.25) is 0 Å². The Morgan fingerprint density at radius 1 is 1.00 bits per heavy atom.